The molecule has 0 spiro atoms. The minimum absolute atomic E-state index is 0.379. The molecule has 0 amide bonds. The summed E-state index contributed by atoms with van der Waals surface area (Å²) in [5.41, 5.74) is -3.89. The van der Waals surface area contributed by atoms with Gasteiger partial charge in [-0.1, -0.05) is 0 Å². The van der Waals surface area contributed by atoms with Gasteiger partial charge in [-0.15, -0.1) is 0 Å². The van der Waals surface area contributed by atoms with Crippen molar-refractivity contribution < 1.29 is 37.2 Å². The Kier molecular flexibility index (Phi) is 5.77. The first-order chi connectivity index (χ1) is 11.3. The van der Waals surface area contributed by atoms with Crippen LogP contribution in [0.2, 0.25) is 0 Å². The van der Waals surface area contributed by atoms with Crippen LogP contribution in [-0.2, 0) is 25.2 Å². The summed E-state index contributed by atoms with van der Waals surface area (Å²) in [6, 6.07) is 1.45. The summed E-state index contributed by atoms with van der Waals surface area (Å²) in [5.74, 6) is -4.54. The number of nitro benzene ring substituents is 1. The second-order valence-electron chi connectivity index (χ2n) is 6.02. The summed E-state index contributed by atoms with van der Waals surface area (Å²) in [6.07, 6.45) is -4.82. The number of benzene rings is 1. The molecule has 0 bridgehead atoms. The summed E-state index contributed by atoms with van der Waals surface area (Å²) >= 11 is 0. The van der Waals surface area contributed by atoms with Crippen LogP contribution in [0.5, 0.6) is 0 Å². The van der Waals surface area contributed by atoms with Gasteiger partial charge in [0.25, 0.3) is 5.69 Å². The van der Waals surface area contributed by atoms with Gasteiger partial charge in [0.15, 0.2) is 5.92 Å². The van der Waals surface area contributed by atoms with Crippen LogP contribution in [0.1, 0.15) is 37.8 Å². The Labute approximate surface area is 140 Å². The number of hydrogen-bond donors (Lipinski definition) is 0. The molecule has 7 nitrogen and oxygen atoms in total. The summed E-state index contributed by atoms with van der Waals surface area (Å²) in [5, 5.41) is 11.1. The third-order valence-corrected chi connectivity index (χ3v) is 2.94. The van der Waals surface area contributed by atoms with Gasteiger partial charge in [-0.3, -0.25) is 19.7 Å². The van der Waals surface area contributed by atoms with E-state index in [2.05, 4.69) is 4.74 Å². The van der Waals surface area contributed by atoms with Gasteiger partial charge in [0.05, 0.1) is 23.2 Å². The Morgan fingerprint density at radius 2 is 1.72 bits per heavy atom. The SMILES string of the molecule is COC(=O)C(C(=O)OC(C)(C)C)c1cc(C(F)(F)F)ccc1[N+](=O)[O-]. The van der Waals surface area contributed by atoms with Gasteiger partial charge in [-0.05, 0) is 32.9 Å². The van der Waals surface area contributed by atoms with Crippen LogP contribution in [0.25, 0.3) is 0 Å². The van der Waals surface area contributed by atoms with Crippen LogP contribution in [0.15, 0.2) is 18.2 Å². The molecule has 138 valence electrons. The zero-order valence-corrected chi connectivity index (χ0v) is 13.8. The number of rotatable bonds is 4. The van der Waals surface area contributed by atoms with Crippen LogP contribution in [-0.4, -0.2) is 29.6 Å². The molecule has 0 aromatic heterocycles. The molecular formula is C15H16F3NO6. The number of carbonyl (C=O) groups excluding carboxylic acids is 2. The highest BCUT2D eigenvalue weighted by molar-refractivity contribution is 6.01. The second-order valence-corrected chi connectivity index (χ2v) is 6.02. The molecule has 1 unspecified atom stereocenters. The predicted octanol–water partition coefficient (Wildman–Crippen LogP) is 3.21. The molecule has 0 fully saturated rings. The largest absolute Gasteiger partial charge is 0.468 e. The minimum Gasteiger partial charge on any atom is -0.468 e. The topological polar surface area (TPSA) is 95.7 Å². The standard InChI is InChI=1S/C15H16F3NO6/c1-14(2,3)25-13(21)11(12(20)24-4)9-7-8(15(16,17)18)5-6-10(9)19(22)23/h5-7,11H,1-4H3. The van der Waals surface area contributed by atoms with E-state index in [-0.39, 0.29) is 0 Å². The highest BCUT2D eigenvalue weighted by Crippen LogP contribution is 2.36. The highest BCUT2D eigenvalue weighted by Gasteiger charge is 2.41. The van der Waals surface area contributed by atoms with Crippen LogP contribution < -0.4 is 0 Å². The molecule has 10 heteroatoms. The van der Waals surface area contributed by atoms with E-state index in [4.69, 9.17) is 4.74 Å². The number of alkyl halides is 3. The molecule has 1 aromatic carbocycles. The third-order valence-electron chi connectivity index (χ3n) is 2.94. The lowest BCUT2D eigenvalue weighted by Gasteiger charge is -2.23. The lowest BCUT2D eigenvalue weighted by Crippen LogP contribution is -2.32. The maximum Gasteiger partial charge on any atom is 0.416 e. The van der Waals surface area contributed by atoms with Crippen molar-refractivity contribution in [3.05, 3.63) is 39.4 Å². The lowest BCUT2D eigenvalue weighted by molar-refractivity contribution is -0.385. The number of esters is 2. The van der Waals surface area contributed by atoms with Crippen LogP contribution in [0.4, 0.5) is 18.9 Å². The van der Waals surface area contributed by atoms with E-state index >= 15 is 0 Å². The highest BCUT2D eigenvalue weighted by atomic mass is 19.4. The van der Waals surface area contributed by atoms with E-state index in [0.29, 0.717) is 18.2 Å². The van der Waals surface area contributed by atoms with E-state index in [1.165, 1.54) is 20.8 Å². The Balaban J connectivity index is 3.58. The maximum atomic E-state index is 12.9. The fraction of sp³-hybridized carbons (Fsp3) is 0.467. The Bertz CT molecular complexity index is 693. The molecule has 0 saturated carbocycles. The predicted molar refractivity (Wildman–Crippen MR) is 78.7 cm³/mol. The third kappa shape index (κ3) is 5.16. The molecule has 1 aromatic rings. The molecule has 0 radical (unpaired) electrons. The normalized spacial score (nSPS) is 13.1. The number of nitro groups is 1. The van der Waals surface area contributed by atoms with Crippen LogP contribution in [0, 0.1) is 10.1 Å². The van der Waals surface area contributed by atoms with E-state index in [0.717, 1.165) is 7.11 Å². The molecular weight excluding hydrogens is 347 g/mol. The summed E-state index contributed by atoms with van der Waals surface area (Å²) < 4.78 is 48.2. The summed E-state index contributed by atoms with van der Waals surface area (Å²) in [7, 11) is 0.902. The number of methoxy groups -OCH3 is 1. The number of halogens is 3. The van der Waals surface area contributed by atoms with E-state index in [9.17, 15) is 32.9 Å². The van der Waals surface area contributed by atoms with Gasteiger partial charge in [0.2, 0.25) is 0 Å². The number of nitrogens with zero attached hydrogens (tertiary/aromatic N) is 1. The fourth-order valence-electron chi connectivity index (χ4n) is 1.96. The average Bonchev–Trinajstić information content (AvgIpc) is 2.44. The first kappa shape index (κ1) is 20.4. The van der Waals surface area contributed by atoms with Crippen molar-refractivity contribution in [2.75, 3.05) is 7.11 Å². The lowest BCUT2D eigenvalue weighted by atomic mass is 9.95. The monoisotopic (exact) mass is 363 g/mol. The van der Waals surface area contributed by atoms with Gasteiger partial charge < -0.3 is 9.47 Å². The molecule has 0 saturated heterocycles. The van der Waals surface area contributed by atoms with Crippen molar-refractivity contribution in [1.82, 2.24) is 0 Å². The number of hydrogen-bond acceptors (Lipinski definition) is 6. The minimum atomic E-state index is -4.82. The van der Waals surface area contributed by atoms with E-state index in [1.54, 1.807) is 0 Å². The van der Waals surface area contributed by atoms with Crippen molar-refractivity contribution in [1.29, 1.82) is 0 Å². The molecule has 1 rings (SSSR count). The first-order valence-electron chi connectivity index (χ1n) is 6.94. The second kappa shape index (κ2) is 7.08. The maximum absolute atomic E-state index is 12.9. The van der Waals surface area contributed by atoms with Gasteiger partial charge in [0.1, 0.15) is 5.60 Å². The molecule has 1 atom stereocenters. The zero-order chi connectivity index (χ0) is 19.6. The van der Waals surface area contributed by atoms with Gasteiger partial charge in [0, 0.05) is 6.07 Å². The molecule has 0 aliphatic rings. The number of carbonyl (C=O) groups is 2. The van der Waals surface area contributed by atoms with Crippen LogP contribution >= 0.6 is 0 Å². The van der Waals surface area contributed by atoms with Crippen molar-refractivity contribution in [3.63, 3.8) is 0 Å². The summed E-state index contributed by atoms with van der Waals surface area (Å²) in [4.78, 5) is 34.4. The van der Waals surface area contributed by atoms with Crippen molar-refractivity contribution in [2.45, 2.75) is 38.5 Å². The van der Waals surface area contributed by atoms with Crippen molar-refractivity contribution in [3.8, 4) is 0 Å². The fourth-order valence-corrected chi connectivity index (χ4v) is 1.96. The van der Waals surface area contributed by atoms with Gasteiger partial charge >= 0.3 is 18.1 Å². The summed E-state index contributed by atoms with van der Waals surface area (Å²) in [6.45, 7) is 4.42. The van der Waals surface area contributed by atoms with Gasteiger partial charge in [-0.2, -0.15) is 13.2 Å². The average molecular weight is 363 g/mol. The number of ether oxygens (including phenoxy) is 2. The Hall–Kier alpha value is -2.65. The van der Waals surface area contributed by atoms with Gasteiger partial charge in [-0.25, -0.2) is 0 Å². The molecule has 0 aliphatic carbocycles. The molecule has 25 heavy (non-hydrogen) atoms. The molecule has 0 N–H and O–H groups in total. The smallest absolute Gasteiger partial charge is 0.416 e. The van der Waals surface area contributed by atoms with E-state index < -0.39 is 51.4 Å². The first-order valence-corrected chi connectivity index (χ1v) is 6.94. The Morgan fingerprint density at radius 1 is 1.16 bits per heavy atom. The Morgan fingerprint density at radius 3 is 2.12 bits per heavy atom. The van der Waals surface area contributed by atoms with Crippen molar-refractivity contribution >= 4 is 17.6 Å². The quantitative estimate of drug-likeness (QED) is 0.353. The zero-order valence-electron chi connectivity index (χ0n) is 13.8. The van der Waals surface area contributed by atoms with Crippen molar-refractivity contribution in [2.24, 2.45) is 0 Å². The van der Waals surface area contributed by atoms with E-state index in [1.807, 2.05) is 0 Å². The molecule has 0 aliphatic heterocycles. The molecule has 0 heterocycles. The van der Waals surface area contributed by atoms with Crippen LogP contribution in [0.3, 0.4) is 0 Å².